The third-order valence-electron chi connectivity index (χ3n) is 3.35. The standard InChI is InChI=1S/C12H16ClNO3S2/c1-8-3-2-4-10(5-8)14-12(15)9-6-11(18-7-9)19(13,16)17/h6-8,10H,2-5H2,1H3,(H,14,15). The number of rotatable bonds is 3. The monoisotopic (exact) mass is 321 g/mol. The van der Waals surface area contributed by atoms with Gasteiger partial charge in [0, 0.05) is 22.1 Å². The summed E-state index contributed by atoms with van der Waals surface area (Å²) in [5.41, 5.74) is 0.363. The van der Waals surface area contributed by atoms with E-state index in [9.17, 15) is 13.2 Å². The van der Waals surface area contributed by atoms with Gasteiger partial charge in [-0.3, -0.25) is 4.79 Å². The first-order valence-corrected chi connectivity index (χ1v) is 9.39. The molecule has 4 nitrogen and oxygen atoms in total. The van der Waals surface area contributed by atoms with Crippen molar-refractivity contribution in [2.24, 2.45) is 5.92 Å². The molecule has 0 aromatic carbocycles. The average molecular weight is 322 g/mol. The highest BCUT2D eigenvalue weighted by molar-refractivity contribution is 8.15. The molecular weight excluding hydrogens is 306 g/mol. The molecule has 0 radical (unpaired) electrons. The minimum atomic E-state index is -3.75. The highest BCUT2D eigenvalue weighted by Gasteiger charge is 2.22. The molecule has 1 aliphatic carbocycles. The van der Waals surface area contributed by atoms with Crippen LogP contribution in [-0.4, -0.2) is 20.4 Å². The summed E-state index contributed by atoms with van der Waals surface area (Å²) in [7, 11) is 1.49. The Labute approximate surface area is 121 Å². The second kappa shape index (κ2) is 5.81. The minimum absolute atomic E-state index is 0.0105. The first-order chi connectivity index (χ1) is 8.86. The van der Waals surface area contributed by atoms with E-state index >= 15 is 0 Å². The van der Waals surface area contributed by atoms with E-state index in [0.29, 0.717) is 11.5 Å². The molecule has 106 valence electrons. The Morgan fingerprint density at radius 3 is 2.79 bits per heavy atom. The Bertz CT molecular complexity index is 567. The van der Waals surface area contributed by atoms with Gasteiger partial charge in [-0.1, -0.05) is 19.8 Å². The number of carbonyl (C=O) groups excluding carboxylic acids is 1. The topological polar surface area (TPSA) is 63.2 Å². The van der Waals surface area contributed by atoms with Crippen LogP contribution in [0.25, 0.3) is 0 Å². The number of carbonyl (C=O) groups is 1. The van der Waals surface area contributed by atoms with Gasteiger partial charge in [0.2, 0.25) is 0 Å². The number of amides is 1. The van der Waals surface area contributed by atoms with Gasteiger partial charge in [-0.15, -0.1) is 11.3 Å². The molecule has 2 atom stereocenters. The maximum absolute atomic E-state index is 12.0. The molecule has 0 aliphatic heterocycles. The van der Waals surface area contributed by atoms with Crippen LogP contribution in [0.1, 0.15) is 43.0 Å². The fraction of sp³-hybridized carbons (Fsp3) is 0.583. The zero-order chi connectivity index (χ0) is 14.0. The first kappa shape index (κ1) is 14.8. The Balaban J connectivity index is 2.02. The summed E-state index contributed by atoms with van der Waals surface area (Å²) in [6.45, 7) is 2.18. The van der Waals surface area contributed by atoms with Crippen molar-refractivity contribution in [3.8, 4) is 0 Å². The molecule has 1 aromatic heterocycles. The summed E-state index contributed by atoms with van der Waals surface area (Å²) in [4.78, 5) is 12.0. The lowest BCUT2D eigenvalue weighted by molar-refractivity contribution is 0.0921. The van der Waals surface area contributed by atoms with E-state index in [4.69, 9.17) is 10.7 Å². The van der Waals surface area contributed by atoms with Crippen molar-refractivity contribution in [2.45, 2.75) is 42.9 Å². The molecule has 0 spiro atoms. The summed E-state index contributed by atoms with van der Waals surface area (Å²) in [5.74, 6) is 0.405. The molecule has 7 heteroatoms. The van der Waals surface area contributed by atoms with E-state index in [2.05, 4.69) is 12.2 Å². The highest BCUT2D eigenvalue weighted by Crippen LogP contribution is 2.26. The van der Waals surface area contributed by atoms with Gasteiger partial charge >= 0.3 is 0 Å². The largest absolute Gasteiger partial charge is 0.349 e. The molecule has 1 aromatic rings. The van der Waals surface area contributed by atoms with Gasteiger partial charge in [-0.2, -0.15) is 0 Å². The maximum Gasteiger partial charge on any atom is 0.270 e. The van der Waals surface area contributed by atoms with Crippen LogP contribution >= 0.6 is 22.0 Å². The van der Waals surface area contributed by atoms with E-state index in [1.54, 1.807) is 0 Å². The lowest BCUT2D eigenvalue weighted by Crippen LogP contribution is -2.37. The number of halogens is 1. The van der Waals surface area contributed by atoms with Crippen LogP contribution in [0, 0.1) is 5.92 Å². The van der Waals surface area contributed by atoms with Crippen molar-refractivity contribution >= 4 is 37.0 Å². The van der Waals surface area contributed by atoms with Crippen molar-refractivity contribution in [2.75, 3.05) is 0 Å². The van der Waals surface area contributed by atoms with Gasteiger partial charge in [0.25, 0.3) is 15.0 Å². The molecule has 1 N–H and O–H groups in total. The fourth-order valence-electron chi connectivity index (χ4n) is 2.40. The van der Waals surface area contributed by atoms with Crippen LogP contribution in [0.15, 0.2) is 15.7 Å². The third-order valence-corrected chi connectivity index (χ3v) is 6.39. The summed E-state index contributed by atoms with van der Waals surface area (Å²) < 4.78 is 22.3. The number of nitrogens with one attached hydrogen (secondary N) is 1. The molecule has 2 rings (SSSR count). The van der Waals surface area contributed by atoms with Crippen molar-refractivity contribution in [1.29, 1.82) is 0 Å². The van der Waals surface area contributed by atoms with E-state index in [1.165, 1.54) is 17.9 Å². The normalized spacial score (nSPS) is 24.1. The van der Waals surface area contributed by atoms with Gasteiger partial charge in [-0.05, 0) is 24.8 Å². The van der Waals surface area contributed by atoms with Crippen molar-refractivity contribution < 1.29 is 13.2 Å². The average Bonchev–Trinajstić information content (AvgIpc) is 2.77. The zero-order valence-corrected chi connectivity index (χ0v) is 12.9. The van der Waals surface area contributed by atoms with Crippen LogP contribution in [-0.2, 0) is 9.05 Å². The second-order valence-electron chi connectivity index (χ2n) is 5.03. The van der Waals surface area contributed by atoms with Gasteiger partial charge < -0.3 is 5.32 Å². The molecule has 1 heterocycles. The Morgan fingerprint density at radius 2 is 2.21 bits per heavy atom. The molecule has 1 aliphatic rings. The summed E-state index contributed by atoms with van der Waals surface area (Å²) in [5, 5.41) is 4.48. The molecule has 0 saturated heterocycles. The predicted molar refractivity (Wildman–Crippen MR) is 76.2 cm³/mol. The Hall–Kier alpha value is -0.590. The van der Waals surface area contributed by atoms with Gasteiger partial charge in [-0.25, -0.2) is 8.42 Å². The lowest BCUT2D eigenvalue weighted by atomic mass is 9.87. The van der Waals surface area contributed by atoms with Crippen LogP contribution in [0.4, 0.5) is 0 Å². The van der Waals surface area contributed by atoms with Gasteiger partial charge in [0.15, 0.2) is 0 Å². The molecule has 1 saturated carbocycles. The molecular formula is C12H16ClNO3S2. The SMILES string of the molecule is CC1CCCC(NC(=O)c2csc(S(=O)(=O)Cl)c2)C1. The van der Waals surface area contributed by atoms with Gasteiger partial charge in [0.05, 0.1) is 5.56 Å². The molecule has 0 bridgehead atoms. The van der Waals surface area contributed by atoms with Crippen LogP contribution in [0.5, 0.6) is 0 Å². The maximum atomic E-state index is 12.0. The molecule has 2 unspecified atom stereocenters. The Kier molecular flexibility index (Phi) is 4.53. The number of thiophene rings is 1. The minimum Gasteiger partial charge on any atom is -0.349 e. The second-order valence-corrected chi connectivity index (χ2v) is 8.74. The smallest absolute Gasteiger partial charge is 0.270 e. The molecule has 19 heavy (non-hydrogen) atoms. The highest BCUT2D eigenvalue weighted by atomic mass is 35.7. The Morgan fingerprint density at radius 1 is 1.47 bits per heavy atom. The number of hydrogen-bond acceptors (Lipinski definition) is 4. The van der Waals surface area contributed by atoms with Crippen molar-refractivity contribution in [3.05, 3.63) is 17.0 Å². The zero-order valence-electron chi connectivity index (χ0n) is 10.6. The van der Waals surface area contributed by atoms with E-state index in [0.717, 1.165) is 30.6 Å². The molecule has 1 amide bonds. The summed E-state index contributed by atoms with van der Waals surface area (Å²) >= 11 is 0.967. The summed E-state index contributed by atoms with van der Waals surface area (Å²) in [6.07, 6.45) is 4.30. The van der Waals surface area contributed by atoms with Gasteiger partial charge in [0.1, 0.15) is 4.21 Å². The summed E-state index contributed by atoms with van der Waals surface area (Å²) in [6, 6.07) is 1.52. The first-order valence-electron chi connectivity index (χ1n) is 6.20. The third kappa shape index (κ3) is 3.94. The lowest BCUT2D eigenvalue weighted by Gasteiger charge is -2.27. The quantitative estimate of drug-likeness (QED) is 0.870. The van der Waals surface area contributed by atoms with Crippen molar-refractivity contribution in [3.63, 3.8) is 0 Å². The predicted octanol–water partition coefficient (Wildman–Crippen LogP) is 2.98. The number of hydrogen-bond donors (Lipinski definition) is 1. The van der Waals surface area contributed by atoms with Crippen LogP contribution in [0.2, 0.25) is 0 Å². The molecule has 1 fully saturated rings. The fourth-order valence-corrected chi connectivity index (χ4v) is 4.34. The van der Waals surface area contributed by atoms with Crippen LogP contribution < -0.4 is 5.32 Å². The van der Waals surface area contributed by atoms with Crippen molar-refractivity contribution in [1.82, 2.24) is 5.32 Å². The van der Waals surface area contributed by atoms with E-state index in [1.807, 2.05) is 0 Å². The van der Waals surface area contributed by atoms with E-state index < -0.39 is 9.05 Å². The van der Waals surface area contributed by atoms with E-state index in [-0.39, 0.29) is 16.2 Å². The van der Waals surface area contributed by atoms with Crippen LogP contribution in [0.3, 0.4) is 0 Å².